The van der Waals surface area contributed by atoms with E-state index >= 15 is 0 Å². The normalized spacial score (nSPS) is 21.0. The van der Waals surface area contributed by atoms with E-state index < -0.39 is 0 Å². The fourth-order valence-electron chi connectivity index (χ4n) is 3.22. The van der Waals surface area contributed by atoms with Crippen LogP contribution in [0.2, 0.25) is 0 Å². The van der Waals surface area contributed by atoms with Crippen molar-refractivity contribution in [3.05, 3.63) is 71.8 Å². The summed E-state index contributed by atoms with van der Waals surface area (Å²) in [5.41, 5.74) is 5.40. The third-order valence-electron chi connectivity index (χ3n) is 4.85. The lowest BCUT2D eigenvalue weighted by Crippen LogP contribution is -2.07. The average molecular weight is 290 g/mol. The fraction of sp³-hybridized carbons (Fsp3) is 0.364. The molecule has 3 rings (SSSR count). The van der Waals surface area contributed by atoms with Gasteiger partial charge in [0, 0.05) is 0 Å². The highest BCUT2D eigenvalue weighted by Crippen LogP contribution is 2.26. The molecule has 2 unspecified atom stereocenters. The van der Waals surface area contributed by atoms with Crippen LogP contribution >= 0.6 is 0 Å². The molecule has 0 bridgehead atoms. The van der Waals surface area contributed by atoms with Crippen molar-refractivity contribution in [1.82, 2.24) is 0 Å². The Morgan fingerprint density at radius 1 is 0.818 bits per heavy atom. The maximum Gasteiger partial charge on any atom is -0.0184 e. The molecule has 0 fully saturated rings. The average Bonchev–Trinajstić information content (AvgIpc) is 2.56. The van der Waals surface area contributed by atoms with Crippen molar-refractivity contribution in [2.45, 2.75) is 39.5 Å². The zero-order valence-corrected chi connectivity index (χ0v) is 13.8. The second kappa shape index (κ2) is 6.96. The summed E-state index contributed by atoms with van der Waals surface area (Å²) < 4.78 is 0. The van der Waals surface area contributed by atoms with Gasteiger partial charge in [0.25, 0.3) is 0 Å². The summed E-state index contributed by atoms with van der Waals surface area (Å²) in [4.78, 5) is 0. The van der Waals surface area contributed by atoms with Crippen molar-refractivity contribution >= 4 is 0 Å². The second-order valence-corrected chi connectivity index (χ2v) is 6.80. The van der Waals surface area contributed by atoms with Crippen molar-refractivity contribution in [3.8, 4) is 11.1 Å². The van der Waals surface area contributed by atoms with Gasteiger partial charge < -0.3 is 0 Å². The summed E-state index contributed by atoms with van der Waals surface area (Å²) >= 11 is 0. The third kappa shape index (κ3) is 3.88. The molecule has 1 aliphatic rings. The van der Waals surface area contributed by atoms with Crippen LogP contribution < -0.4 is 0 Å². The van der Waals surface area contributed by atoms with Crippen LogP contribution in [-0.4, -0.2) is 0 Å². The summed E-state index contributed by atoms with van der Waals surface area (Å²) in [6.07, 6.45) is 10.0. The molecule has 0 saturated heterocycles. The SMILES string of the molecule is Cc1ccc(-c2ccc(CCC3C=CC(C)CC3)cc2)cc1. The van der Waals surface area contributed by atoms with Crippen LogP contribution in [0.5, 0.6) is 0 Å². The Labute approximate surface area is 134 Å². The molecular weight excluding hydrogens is 264 g/mol. The molecule has 0 N–H and O–H groups in total. The number of rotatable bonds is 4. The topological polar surface area (TPSA) is 0 Å². The van der Waals surface area contributed by atoms with Gasteiger partial charge in [-0.3, -0.25) is 0 Å². The van der Waals surface area contributed by atoms with Crippen LogP contribution in [-0.2, 0) is 6.42 Å². The molecule has 0 heteroatoms. The van der Waals surface area contributed by atoms with Gasteiger partial charge in [-0.15, -0.1) is 0 Å². The first-order valence-corrected chi connectivity index (χ1v) is 8.55. The summed E-state index contributed by atoms with van der Waals surface area (Å²) in [5, 5.41) is 0. The maximum absolute atomic E-state index is 2.44. The van der Waals surface area contributed by atoms with Gasteiger partial charge in [0.05, 0.1) is 0 Å². The molecule has 0 aliphatic heterocycles. The molecule has 0 heterocycles. The maximum atomic E-state index is 2.44. The predicted molar refractivity (Wildman–Crippen MR) is 96.0 cm³/mol. The zero-order valence-electron chi connectivity index (χ0n) is 13.8. The Morgan fingerprint density at radius 3 is 2.05 bits per heavy atom. The molecule has 0 aromatic heterocycles. The molecule has 0 nitrogen and oxygen atoms in total. The second-order valence-electron chi connectivity index (χ2n) is 6.80. The quantitative estimate of drug-likeness (QED) is 0.588. The third-order valence-corrected chi connectivity index (χ3v) is 4.85. The van der Waals surface area contributed by atoms with Gasteiger partial charge in [-0.1, -0.05) is 73.2 Å². The molecule has 0 spiro atoms. The van der Waals surface area contributed by atoms with Gasteiger partial charge in [-0.05, 0) is 61.1 Å². The lowest BCUT2D eigenvalue weighted by atomic mass is 9.86. The van der Waals surface area contributed by atoms with Gasteiger partial charge in [-0.25, -0.2) is 0 Å². The Morgan fingerprint density at radius 2 is 1.45 bits per heavy atom. The summed E-state index contributed by atoms with van der Waals surface area (Å²) in [6, 6.07) is 17.9. The van der Waals surface area contributed by atoms with E-state index in [0.717, 1.165) is 11.8 Å². The first-order chi connectivity index (χ1) is 10.7. The van der Waals surface area contributed by atoms with E-state index in [0.29, 0.717) is 0 Å². The summed E-state index contributed by atoms with van der Waals surface area (Å²) in [6.45, 7) is 4.45. The van der Waals surface area contributed by atoms with E-state index in [1.807, 2.05) is 0 Å². The molecule has 2 aromatic rings. The van der Waals surface area contributed by atoms with Crippen molar-refractivity contribution in [1.29, 1.82) is 0 Å². The first kappa shape index (κ1) is 15.1. The highest BCUT2D eigenvalue weighted by Gasteiger charge is 2.12. The minimum atomic E-state index is 0.782. The van der Waals surface area contributed by atoms with Crippen molar-refractivity contribution in [2.24, 2.45) is 11.8 Å². The number of hydrogen-bond donors (Lipinski definition) is 0. The Bertz CT molecular complexity index is 616. The summed E-state index contributed by atoms with van der Waals surface area (Å²) in [5.74, 6) is 1.57. The Hall–Kier alpha value is -1.82. The molecule has 0 saturated carbocycles. The van der Waals surface area contributed by atoms with Crippen LogP contribution in [0.25, 0.3) is 11.1 Å². The number of allylic oxidation sites excluding steroid dienone is 2. The molecular formula is C22H26. The van der Waals surface area contributed by atoms with Crippen LogP contribution in [0.15, 0.2) is 60.7 Å². The molecule has 2 atom stereocenters. The first-order valence-electron chi connectivity index (χ1n) is 8.55. The summed E-state index contributed by atoms with van der Waals surface area (Å²) in [7, 11) is 0. The monoisotopic (exact) mass is 290 g/mol. The van der Waals surface area contributed by atoms with E-state index in [9.17, 15) is 0 Å². The van der Waals surface area contributed by atoms with Gasteiger partial charge >= 0.3 is 0 Å². The molecule has 0 amide bonds. The van der Waals surface area contributed by atoms with E-state index in [1.165, 1.54) is 47.9 Å². The van der Waals surface area contributed by atoms with Crippen LogP contribution in [0, 0.1) is 18.8 Å². The fourth-order valence-corrected chi connectivity index (χ4v) is 3.22. The molecule has 2 aromatic carbocycles. The van der Waals surface area contributed by atoms with E-state index in [-0.39, 0.29) is 0 Å². The van der Waals surface area contributed by atoms with E-state index in [2.05, 4.69) is 74.5 Å². The van der Waals surface area contributed by atoms with Gasteiger partial charge in [0.15, 0.2) is 0 Å². The largest absolute Gasteiger partial charge is 0.0854 e. The standard InChI is InChI=1S/C22H26/c1-17-3-7-19(8-4-17)9-10-20-11-15-22(16-12-20)21-13-5-18(2)6-14-21/h3,5-7,11-17,19H,4,8-10H2,1-2H3. The van der Waals surface area contributed by atoms with E-state index in [1.54, 1.807) is 0 Å². The lowest BCUT2D eigenvalue weighted by Gasteiger charge is -2.20. The Kier molecular flexibility index (Phi) is 4.77. The molecule has 1 aliphatic carbocycles. The minimum absolute atomic E-state index is 0.782. The van der Waals surface area contributed by atoms with Crippen LogP contribution in [0.1, 0.15) is 37.3 Å². The van der Waals surface area contributed by atoms with Crippen molar-refractivity contribution < 1.29 is 0 Å². The van der Waals surface area contributed by atoms with Gasteiger partial charge in [-0.2, -0.15) is 0 Å². The van der Waals surface area contributed by atoms with Crippen molar-refractivity contribution in [3.63, 3.8) is 0 Å². The highest BCUT2D eigenvalue weighted by molar-refractivity contribution is 5.63. The molecule has 22 heavy (non-hydrogen) atoms. The highest BCUT2D eigenvalue weighted by atomic mass is 14.2. The lowest BCUT2D eigenvalue weighted by molar-refractivity contribution is 0.454. The van der Waals surface area contributed by atoms with Crippen molar-refractivity contribution in [2.75, 3.05) is 0 Å². The number of aryl methyl sites for hydroxylation is 2. The van der Waals surface area contributed by atoms with Gasteiger partial charge in [0.2, 0.25) is 0 Å². The number of benzene rings is 2. The Balaban J connectivity index is 1.60. The van der Waals surface area contributed by atoms with Crippen LogP contribution in [0.3, 0.4) is 0 Å². The smallest absolute Gasteiger partial charge is 0.0184 e. The minimum Gasteiger partial charge on any atom is -0.0854 e. The van der Waals surface area contributed by atoms with Gasteiger partial charge in [0.1, 0.15) is 0 Å². The number of hydrogen-bond acceptors (Lipinski definition) is 0. The predicted octanol–water partition coefficient (Wildman–Crippen LogP) is 6.20. The molecule has 0 radical (unpaired) electrons. The van der Waals surface area contributed by atoms with Crippen LogP contribution in [0.4, 0.5) is 0 Å². The van der Waals surface area contributed by atoms with E-state index in [4.69, 9.17) is 0 Å². The zero-order chi connectivity index (χ0) is 15.4. The molecule has 114 valence electrons.